The van der Waals surface area contributed by atoms with Crippen LogP contribution in [0.1, 0.15) is 37.0 Å². The number of nitrogens with one attached hydrogen (secondary N) is 1. The number of hydrogen-bond donors (Lipinski definition) is 1. The monoisotopic (exact) mass is 467 g/mol. The molecule has 11 heteroatoms. The molecule has 1 N–H and O–H groups in total. The third-order valence-corrected chi connectivity index (χ3v) is 6.12. The van der Waals surface area contributed by atoms with Gasteiger partial charge in [-0.2, -0.15) is 13.5 Å². The smallest absolute Gasteiger partial charge is 0.280 e. The molecule has 0 saturated heterocycles. The number of sulfonamides is 1. The molecule has 0 amide bonds. The van der Waals surface area contributed by atoms with Gasteiger partial charge in [0.25, 0.3) is 10.0 Å². The predicted molar refractivity (Wildman–Crippen MR) is 123 cm³/mol. The van der Waals surface area contributed by atoms with Gasteiger partial charge >= 0.3 is 0 Å². The Morgan fingerprint density at radius 1 is 1.03 bits per heavy atom. The van der Waals surface area contributed by atoms with Crippen molar-refractivity contribution in [3.8, 4) is 17.4 Å². The zero-order valence-electron chi connectivity index (χ0n) is 19.0. The first kappa shape index (κ1) is 22.5. The topological polar surface area (TPSA) is 117 Å². The van der Waals surface area contributed by atoms with Gasteiger partial charge in [0.05, 0.1) is 5.69 Å². The Morgan fingerprint density at radius 2 is 1.76 bits per heavy atom. The van der Waals surface area contributed by atoms with Crippen molar-refractivity contribution in [3.05, 3.63) is 65.9 Å². The summed E-state index contributed by atoms with van der Waals surface area (Å²) in [6.07, 6.45) is 1.50. The number of aryl methyl sites for hydroxylation is 3. The summed E-state index contributed by atoms with van der Waals surface area (Å²) in [5.74, 6) is 2.20. The van der Waals surface area contributed by atoms with E-state index in [4.69, 9.17) is 4.74 Å². The highest BCUT2D eigenvalue weighted by molar-refractivity contribution is 7.92. The Labute approximate surface area is 192 Å². The molecule has 0 fully saturated rings. The van der Waals surface area contributed by atoms with E-state index in [-0.39, 0.29) is 10.9 Å². The summed E-state index contributed by atoms with van der Waals surface area (Å²) in [6, 6.07) is 11.9. The van der Waals surface area contributed by atoms with Crippen LogP contribution in [0, 0.1) is 13.8 Å². The van der Waals surface area contributed by atoms with Gasteiger partial charge in [-0.1, -0.05) is 13.8 Å². The quantitative estimate of drug-likeness (QED) is 0.440. The molecule has 172 valence electrons. The predicted octanol–water partition coefficient (Wildman–Crippen LogP) is 3.73. The molecule has 0 aliphatic heterocycles. The largest absolute Gasteiger partial charge is 0.438 e. The minimum absolute atomic E-state index is 0.0213. The fourth-order valence-corrected chi connectivity index (χ4v) is 4.44. The maximum atomic E-state index is 12.7. The van der Waals surface area contributed by atoms with E-state index in [0.29, 0.717) is 29.0 Å². The normalized spacial score (nSPS) is 11.7. The number of rotatable bonds is 7. The van der Waals surface area contributed by atoms with E-state index < -0.39 is 10.0 Å². The highest BCUT2D eigenvalue weighted by Gasteiger charge is 2.21. The molecule has 0 aliphatic rings. The zero-order chi connectivity index (χ0) is 23.8. The van der Waals surface area contributed by atoms with E-state index in [1.165, 1.54) is 6.20 Å². The van der Waals surface area contributed by atoms with Gasteiger partial charge in [-0.25, -0.2) is 9.67 Å². The molecule has 0 saturated carbocycles. The van der Waals surface area contributed by atoms with Gasteiger partial charge in [-0.05, 0) is 50.2 Å². The van der Waals surface area contributed by atoms with E-state index in [0.717, 1.165) is 11.4 Å². The van der Waals surface area contributed by atoms with Gasteiger partial charge in [0, 0.05) is 36.6 Å². The number of nitrogens with zero attached hydrogens (tertiary/aromatic N) is 6. The highest BCUT2D eigenvalue weighted by Crippen LogP contribution is 2.24. The number of hydrogen-bond acceptors (Lipinski definition) is 7. The summed E-state index contributed by atoms with van der Waals surface area (Å²) in [5, 5.41) is 12.6. The van der Waals surface area contributed by atoms with Crippen LogP contribution in [0.3, 0.4) is 0 Å². The Hall–Kier alpha value is -3.73. The van der Waals surface area contributed by atoms with Crippen molar-refractivity contribution in [2.24, 2.45) is 7.05 Å². The van der Waals surface area contributed by atoms with E-state index in [1.54, 1.807) is 52.7 Å². The third-order valence-electron chi connectivity index (χ3n) is 4.86. The Kier molecular flexibility index (Phi) is 5.90. The first-order chi connectivity index (χ1) is 15.6. The van der Waals surface area contributed by atoms with E-state index in [1.807, 2.05) is 33.8 Å². The van der Waals surface area contributed by atoms with E-state index in [9.17, 15) is 8.42 Å². The van der Waals surface area contributed by atoms with Crippen molar-refractivity contribution in [1.82, 2.24) is 29.5 Å². The number of benzene rings is 1. The second-order valence-corrected chi connectivity index (χ2v) is 9.63. The van der Waals surface area contributed by atoms with Crippen molar-refractivity contribution in [2.45, 2.75) is 38.6 Å². The van der Waals surface area contributed by atoms with Crippen molar-refractivity contribution < 1.29 is 13.2 Å². The zero-order valence-corrected chi connectivity index (χ0v) is 19.8. The first-order valence-electron chi connectivity index (χ1n) is 10.3. The summed E-state index contributed by atoms with van der Waals surface area (Å²) in [4.78, 5) is 4.25. The summed E-state index contributed by atoms with van der Waals surface area (Å²) in [6.45, 7) is 7.78. The third kappa shape index (κ3) is 4.87. The average molecular weight is 468 g/mol. The summed E-state index contributed by atoms with van der Waals surface area (Å²) in [5.41, 5.74) is 2.25. The molecule has 10 nitrogen and oxygen atoms in total. The molecule has 0 radical (unpaired) electrons. The molecule has 3 aromatic heterocycles. The van der Waals surface area contributed by atoms with Crippen LogP contribution in [0.15, 0.2) is 53.7 Å². The van der Waals surface area contributed by atoms with Crippen LogP contribution in [0.4, 0.5) is 5.69 Å². The first-order valence-corrected chi connectivity index (χ1v) is 11.8. The lowest BCUT2D eigenvalue weighted by Gasteiger charge is -2.08. The number of anilines is 1. The van der Waals surface area contributed by atoms with Gasteiger partial charge in [-0.15, -0.1) is 10.2 Å². The molecule has 4 aromatic rings. The van der Waals surface area contributed by atoms with Gasteiger partial charge in [0.2, 0.25) is 5.88 Å². The number of imidazole rings is 1. The van der Waals surface area contributed by atoms with Crippen molar-refractivity contribution in [2.75, 3.05) is 4.72 Å². The molecule has 3 heterocycles. The van der Waals surface area contributed by atoms with Gasteiger partial charge in [0.1, 0.15) is 11.6 Å². The molecule has 0 bridgehead atoms. The maximum absolute atomic E-state index is 12.7. The Balaban J connectivity index is 1.44. The fourth-order valence-electron chi connectivity index (χ4n) is 3.38. The molecule has 0 atom stereocenters. The second kappa shape index (κ2) is 8.66. The van der Waals surface area contributed by atoms with Crippen LogP contribution < -0.4 is 9.46 Å². The van der Waals surface area contributed by atoms with Crippen LogP contribution in [0.25, 0.3) is 5.82 Å². The standard InChI is InChI=1S/C22H25N7O3S/c1-14(2)22-23-21(13-28(22)5)33(30,31)27-17-6-8-18(9-7-17)32-20-11-10-19(24-25-20)29-16(4)12-15(3)26-29/h6-14,27H,1-5H3. The van der Waals surface area contributed by atoms with E-state index >= 15 is 0 Å². The molecule has 33 heavy (non-hydrogen) atoms. The highest BCUT2D eigenvalue weighted by atomic mass is 32.2. The van der Waals surface area contributed by atoms with Crippen molar-refractivity contribution in [3.63, 3.8) is 0 Å². The van der Waals surface area contributed by atoms with Gasteiger partial charge < -0.3 is 9.30 Å². The Morgan fingerprint density at radius 3 is 2.30 bits per heavy atom. The van der Waals surface area contributed by atoms with Crippen LogP contribution in [-0.4, -0.2) is 37.9 Å². The summed E-state index contributed by atoms with van der Waals surface area (Å²) < 4.78 is 37.1. The lowest BCUT2D eigenvalue weighted by Crippen LogP contribution is -2.13. The molecule has 0 unspecified atom stereocenters. The maximum Gasteiger partial charge on any atom is 0.280 e. The molecule has 0 aliphatic carbocycles. The molecular weight excluding hydrogens is 442 g/mol. The lowest BCUT2D eigenvalue weighted by molar-refractivity contribution is 0.454. The average Bonchev–Trinajstić information content (AvgIpc) is 3.32. The second-order valence-electron chi connectivity index (χ2n) is 8.00. The minimum atomic E-state index is -3.81. The molecular formula is C22H25N7O3S. The van der Waals surface area contributed by atoms with Crippen molar-refractivity contribution in [1.29, 1.82) is 0 Å². The summed E-state index contributed by atoms with van der Waals surface area (Å²) in [7, 11) is -2.03. The lowest BCUT2D eigenvalue weighted by atomic mass is 10.2. The SMILES string of the molecule is Cc1cc(C)n(-c2ccc(Oc3ccc(NS(=O)(=O)c4cn(C)c(C(C)C)n4)cc3)nn2)n1. The number of ether oxygens (including phenoxy) is 1. The molecule has 0 spiro atoms. The van der Waals surface area contributed by atoms with Crippen LogP contribution in [-0.2, 0) is 17.1 Å². The van der Waals surface area contributed by atoms with E-state index in [2.05, 4.69) is 25.0 Å². The van der Waals surface area contributed by atoms with Crippen LogP contribution in [0.2, 0.25) is 0 Å². The minimum Gasteiger partial charge on any atom is -0.438 e. The van der Waals surface area contributed by atoms with Crippen LogP contribution >= 0.6 is 0 Å². The van der Waals surface area contributed by atoms with Gasteiger partial charge in [0.15, 0.2) is 10.8 Å². The summed E-state index contributed by atoms with van der Waals surface area (Å²) >= 11 is 0. The van der Waals surface area contributed by atoms with Crippen molar-refractivity contribution >= 4 is 15.7 Å². The fraction of sp³-hybridized carbons (Fsp3) is 0.273. The van der Waals surface area contributed by atoms with Gasteiger partial charge in [-0.3, -0.25) is 4.72 Å². The molecule has 1 aromatic carbocycles. The Bertz CT molecular complexity index is 1370. The van der Waals surface area contributed by atoms with Crippen LogP contribution in [0.5, 0.6) is 11.6 Å². The number of aromatic nitrogens is 6. The molecule has 4 rings (SSSR count).